The van der Waals surface area contributed by atoms with Gasteiger partial charge in [-0.2, -0.15) is 11.8 Å². The third-order valence-electron chi connectivity index (χ3n) is 3.07. The van der Waals surface area contributed by atoms with Crippen LogP contribution < -0.4 is 5.32 Å². The monoisotopic (exact) mass is 217 g/mol. The van der Waals surface area contributed by atoms with E-state index in [-0.39, 0.29) is 10.9 Å². The average Bonchev–Trinajstić information content (AvgIpc) is 2.17. The highest BCUT2D eigenvalue weighted by molar-refractivity contribution is 7.99. The van der Waals surface area contributed by atoms with Crippen LogP contribution in [0.4, 0.5) is 0 Å². The molecule has 2 nitrogen and oxygen atoms in total. The molecule has 0 aliphatic heterocycles. The van der Waals surface area contributed by atoms with Gasteiger partial charge in [0.2, 0.25) is 0 Å². The van der Waals surface area contributed by atoms with Gasteiger partial charge in [-0.25, -0.2) is 0 Å². The smallest absolute Gasteiger partial charge is 0.0693 e. The van der Waals surface area contributed by atoms with Gasteiger partial charge in [0.05, 0.1) is 6.10 Å². The normalized spacial score (nSPS) is 29.1. The zero-order chi connectivity index (χ0) is 10.6. The fourth-order valence-corrected chi connectivity index (χ4v) is 2.03. The summed E-state index contributed by atoms with van der Waals surface area (Å²) in [6.45, 7) is 5.45. The summed E-state index contributed by atoms with van der Waals surface area (Å²) < 4.78 is 0.275. The number of aliphatic hydroxyl groups is 1. The van der Waals surface area contributed by atoms with E-state index in [4.69, 9.17) is 0 Å². The van der Waals surface area contributed by atoms with Crippen LogP contribution in [0.5, 0.6) is 0 Å². The lowest BCUT2D eigenvalue weighted by Gasteiger charge is -2.32. The molecular formula is C11H23NOS. The molecule has 2 N–H and O–H groups in total. The Bertz CT molecular complexity index is 173. The molecule has 2 unspecified atom stereocenters. The van der Waals surface area contributed by atoms with Gasteiger partial charge in [0, 0.05) is 17.3 Å². The fraction of sp³-hybridized carbons (Fsp3) is 1.00. The minimum Gasteiger partial charge on any atom is -0.392 e. The zero-order valence-corrected chi connectivity index (χ0v) is 10.4. The fourth-order valence-electron chi connectivity index (χ4n) is 1.80. The van der Waals surface area contributed by atoms with Gasteiger partial charge in [-0.1, -0.05) is 12.8 Å². The Kier molecular flexibility index (Phi) is 4.74. The molecule has 0 aromatic rings. The second kappa shape index (κ2) is 5.38. The molecule has 1 aliphatic rings. The largest absolute Gasteiger partial charge is 0.392 e. The lowest BCUT2D eigenvalue weighted by atomic mass is 9.92. The van der Waals surface area contributed by atoms with Crippen LogP contribution in [0.2, 0.25) is 0 Å². The summed E-state index contributed by atoms with van der Waals surface area (Å²) in [5.41, 5.74) is 0. The van der Waals surface area contributed by atoms with E-state index in [0.717, 1.165) is 19.4 Å². The Morgan fingerprint density at radius 1 is 1.36 bits per heavy atom. The first-order chi connectivity index (χ1) is 6.55. The van der Waals surface area contributed by atoms with Gasteiger partial charge in [-0.3, -0.25) is 0 Å². The van der Waals surface area contributed by atoms with Gasteiger partial charge in [0.25, 0.3) is 0 Å². The highest BCUT2D eigenvalue weighted by atomic mass is 32.2. The van der Waals surface area contributed by atoms with Gasteiger partial charge < -0.3 is 10.4 Å². The molecule has 0 aromatic heterocycles. The maximum atomic E-state index is 9.77. The number of hydrogen-bond acceptors (Lipinski definition) is 3. The molecule has 0 aromatic carbocycles. The maximum absolute atomic E-state index is 9.77. The predicted octanol–water partition coefficient (Wildman–Crippen LogP) is 2.02. The van der Waals surface area contributed by atoms with Crippen molar-refractivity contribution in [1.29, 1.82) is 0 Å². The Morgan fingerprint density at radius 2 is 2.00 bits per heavy atom. The highest BCUT2D eigenvalue weighted by Crippen LogP contribution is 2.22. The summed E-state index contributed by atoms with van der Waals surface area (Å²) in [5, 5.41) is 13.3. The molecule has 1 saturated carbocycles. The standard InChI is InChI=1S/C11H23NOS/c1-11(2,14-3)8-12-9-6-4-5-7-10(9)13/h9-10,12-13H,4-8H2,1-3H3. The minimum absolute atomic E-state index is 0.124. The van der Waals surface area contributed by atoms with E-state index in [0.29, 0.717) is 6.04 Å². The topological polar surface area (TPSA) is 32.3 Å². The molecule has 1 rings (SSSR count). The lowest BCUT2D eigenvalue weighted by molar-refractivity contribution is 0.0903. The van der Waals surface area contributed by atoms with Gasteiger partial charge in [-0.05, 0) is 32.9 Å². The van der Waals surface area contributed by atoms with Crippen molar-refractivity contribution in [3.63, 3.8) is 0 Å². The molecule has 0 saturated heterocycles. The Hall–Kier alpha value is 0.270. The van der Waals surface area contributed by atoms with Crippen LogP contribution in [-0.2, 0) is 0 Å². The molecule has 1 aliphatic carbocycles. The summed E-state index contributed by atoms with van der Waals surface area (Å²) >= 11 is 1.87. The molecule has 84 valence electrons. The van der Waals surface area contributed by atoms with Crippen molar-refractivity contribution >= 4 is 11.8 Å². The summed E-state index contributed by atoms with van der Waals surface area (Å²) in [6.07, 6.45) is 6.56. The average molecular weight is 217 g/mol. The van der Waals surface area contributed by atoms with Crippen LogP contribution in [0.3, 0.4) is 0 Å². The van der Waals surface area contributed by atoms with E-state index in [9.17, 15) is 5.11 Å². The van der Waals surface area contributed by atoms with Crippen LogP contribution in [-0.4, -0.2) is 34.8 Å². The van der Waals surface area contributed by atoms with E-state index >= 15 is 0 Å². The molecule has 14 heavy (non-hydrogen) atoms. The SMILES string of the molecule is CSC(C)(C)CNC1CCCCC1O. The summed E-state index contributed by atoms with van der Waals surface area (Å²) in [4.78, 5) is 0. The van der Waals surface area contributed by atoms with Crippen LogP contribution >= 0.6 is 11.8 Å². The second-order valence-electron chi connectivity index (χ2n) is 4.80. The number of rotatable bonds is 4. The third-order valence-corrected chi connectivity index (χ3v) is 4.32. The number of aliphatic hydroxyl groups excluding tert-OH is 1. The Labute approximate surface area is 91.9 Å². The number of thioether (sulfide) groups is 1. The molecule has 0 radical (unpaired) electrons. The first kappa shape index (κ1) is 12.3. The molecule has 2 atom stereocenters. The van der Waals surface area contributed by atoms with Gasteiger partial charge in [-0.15, -0.1) is 0 Å². The van der Waals surface area contributed by atoms with Crippen LogP contribution in [0, 0.1) is 0 Å². The van der Waals surface area contributed by atoms with Crippen LogP contribution in [0.15, 0.2) is 0 Å². The van der Waals surface area contributed by atoms with Crippen molar-refractivity contribution in [2.75, 3.05) is 12.8 Å². The Morgan fingerprint density at radius 3 is 2.57 bits per heavy atom. The van der Waals surface area contributed by atoms with Crippen molar-refractivity contribution in [1.82, 2.24) is 5.32 Å². The second-order valence-corrected chi connectivity index (χ2v) is 6.32. The summed E-state index contributed by atoms with van der Waals surface area (Å²) in [6, 6.07) is 0.329. The van der Waals surface area contributed by atoms with Crippen molar-refractivity contribution in [3.8, 4) is 0 Å². The van der Waals surface area contributed by atoms with E-state index in [1.165, 1.54) is 12.8 Å². The highest BCUT2D eigenvalue weighted by Gasteiger charge is 2.25. The zero-order valence-electron chi connectivity index (χ0n) is 9.55. The van der Waals surface area contributed by atoms with Crippen molar-refractivity contribution < 1.29 is 5.11 Å². The lowest BCUT2D eigenvalue weighted by Crippen LogP contribution is -2.46. The molecule has 1 fully saturated rings. The van der Waals surface area contributed by atoms with Crippen molar-refractivity contribution in [3.05, 3.63) is 0 Å². The van der Waals surface area contributed by atoms with Gasteiger partial charge in [0.15, 0.2) is 0 Å². The van der Waals surface area contributed by atoms with Crippen molar-refractivity contribution in [2.45, 2.75) is 56.4 Å². The first-order valence-corrected chi connectivity index (χ1v) is 6.74. The third kappa shape index (κ3) is 3.79. The molecular weight excluding hydrogens is 194 g/mol. The Balaban J connectivity index is 2.29. The van der Waals surface area contributed by atoms with E-state index in [1.54, 1.807) is 0 Å². The van der Waals surface area contributed by atoms with Gasteiger partial charge >= 0.3 is 0 Å². The van der Waals surface area contributed by atoms with E-state index in [2.05, 4.69) is 25.4 Å². The minimum atomic E-state index is -0.124. The number of nitrogens with one attached hydrogen (secondary N) is 1. The molecule has 0 bridgehead atoms. The predicted molar refractivity (Wildman–Crippen MR) is 63.9 cm³/mol. The van der Waals surface area contributed by atoms with Crippen LogP contribution in [0.1, 0.15) is 39.5 Å². The van der Waals surface area contributed by atoms with Crippen molar-refractivity contribution in [2.24, 2.45) is 0 Å². The first-order valence-electron chi connectivity index (χ1n) is 5.52. The quantitative estimate of drug-likeness (QED) is 0.755. The maximum Gasteiger partial charge on any atom is 0.0693 e. The molecule has 0 spiro atoms. The van der Waals surface area contributed by atoms with Gasteiger partial charge in [0.1, 0.15) is 0 Å². The molecule has 3 heteroatoms. The van der Waals surface area contributed by atoms with Crippen LogP contribution in [0.25, 0.3) is 0 Å². The molecule has 0 heterocycles. The van der Waals surface area contributed by atoms with E-state index in [1.807, 2.05) is 11.8 Å². The number of hydrogen-bond donors (Lipinski definition) is 2. The molecule has 0 amide bonds. The summed E-state index contributed by atoms with van der Waals surface area (Å²) in [5.74, 6) is 0. The van der Waals surface area contributed by atoms with E-state index < -0.39 is 0 Å². The summed E-state index contributed by atoms with van der Waals surface area (Å²) in [7, 11) is 0.